The number of phenolic OH excluding ortho intramolecular Hbond substituents is 1. The zero-order chi connectivity index (χ0) is 28.5. The lowest BCUT2D eigenvalue weighted by Crippen LogP contribution is -2.54. The fraction of sp³-hybridized carbons (Fsp3) is 0.345. The van der Waals surface area contributed by atoms with Crippen molar-refractivity contribution < 1.29 is 24.2 Å². The maximum absolute atomic E-state index is 13.4. The van der Waals surface area contributed by atoms with E-state index in [0.717, 1.165) is 48.4 Å². The Kier molecular flexibility index (Phi) is 10.4. The van der Waals surface area contributed by atoms with Crippen molar-refractivity contribution in [1.82, 2.24) is 15.5 Å². The SMILES string of the molecule is CCOC(=O)c1ccc(NC(=O)N[C@@H](Cc2ccc(O)cc2)C(=O)N[C@H]2CCCN(Cc3cccc(Cl)c3)C2)s1. The summed E-state index contributed by atoms with van der Waals surface area (Å²) >= 11 is 7.23. The fourth-order valence-electron chi connectivity index (χ4n) is 4.61. The molecule has 2 heterocycles. The average Bonchev–Trinajstić information content (AvgIpc) is 3.38. The summed E-state index contributed by atoms with van der Waals surface area (Å²) in [6.45, 7) is 4.32. The molecule has 0 bridgehead atoms. The predicted molar refractivity (Wildman–Crippen MR) is 156 cm³/mol. The highest BCUT2D eigenvalue weighted by Gasteiger charge is 2.27. The molecule has 1 aliphatic rings. The quantitative estimate of drug-likeness (QED) is 0.254. The molecule has 4 N–H and O–H groups in total. The zero-order valence-electron chi connectivity index (χ0n) is 22.2. The van der Waals surface area contributed by atoms with E-state index >= 15 is 0 Å². The lowest BCUT2D eigenvalue weighted by molar-refractivity contribution is -0.124. The summed E-state index contributed by atoms with van der Waals surface area (Å²) in [5.74, 6) is -0.633. The molecule has 9 nitrogen and oxygen atoms in total. The van der Waals surface area contributed by atoms with Gasteiger partial charge < -0.3 is 20.5 Å². The molecule has 1 aromatic heterocycles. The molecule has 11 heteroatoms. The second-order valence-electron chi connectivity index (χ2n) is 9.62. The number of hydrogen-bond donors (Lipinski definition) is 4. The van der Waals surface area contributed by atoms with Gasteiger partial charge in [0.1, 0.15) is 16.7 Å². The van der Waals surface area contributed by atoms with Crippen molar-refractivity contribution in [2.75, 3.05) is 25.0 Å². The minimum Gasteiger partial charge on any atom is -0.508 e. The number of hydrogen-bond acceptors (Lipinski definition) is 7. The maximum Gasteiger partial charge on any atom is 0.348 e. The molecule has 0 saturated carbocycles. The molecule has 212 valence electrons. The van der Waals surface area contributed by atoms with Gasteiger partial charge in [0, 0.05) is 30.6 Å². The molecule has 0 radical (unpaired) electrons. The number of ether oxygens (including phenoxy) is 1. The first-order valence-corrected chi connectivity index (χ1v) is 14.4. The zero-order valence-corrected chi connectivity index (χ0v) is 23.8. The van der Waals surface area contributed by atoms with E-state index in [-0.39, 0.29) is 30.7 Å². The van der Waals surface area contributed by atoms with Gasteiger partial charge in [-0.15, -0.1) is 11.3 Å². The van der Waals surface area contributed by atoms with Gasteiger partial charge in [-0.2, -0.15) is 0 Å². The Morgan fingerprint density at radius 2 is 1.93 bits per heavy atom. The fourth-order valence-corrected chi connectivity index (χ4v) is 5.62. The van der Waals surface area contributed by atoms with Crippen molar-refractivity contribution in [1.29, 1.82) is 0 Å². The van der Waals surface area contributed by atoms with E-state index in [2.05, 4.69) is 20.9 Å². The number of thiophene rings is 1. The molecule has 0 spiro atoms. The molecule has 0 unspecified atom stereocenters. The Hall–Kier alpha value is -3.60. The van der Waals surface area contributed by atoms with Crippen molar-refractivity contribution >= 4 is 45.8 Å². The number of rotatable bonds is 10. The largest absolute Gasteiger partial charge is 0.508 e. The molecular weight excluding hydrogens is 552 g/mol. The number of aromatic hydroxyl groups is 1. The Labute approximate surface area is 242 Å². The van der Waals surface area contributed by atoms with Crippen LogP contribution in [0.1, 0.15) is 40.6 Å². The van der Waals surface area contributed by atoms with E-state index in [1.165, 1.54) is 0 Å². The summed E-state index contributed by atoms with van der Waals surface area (Å²) in [5, 5.41) is 19.4. The van der Waals surface area contributed by atoms with Crippen molar-refractivity contribution in [3.63, 3.8) is 0 Å². The summed E-state index contributed by atoms with van der Waals surface area (Å²) in [5.41, 5.74) is 1.90. The Morgan fingerprint density at radius 1 is 1.12 bits per heavy atom. The molecule has 4 rings (SSSR count). The highest BCUT2D eigenvalue weighted by Crippen LogP contribution is 2.23. The highest BCUT2D eigenvalue weighted by molar-refractivity contribution is 7.18. The topological polar surface area (TPSA) is 120 Å². The van der Waals surface area contributed by atoms with Crippen LogP contribution in [0.2, 0.25) is 5.02 Å². The number of nitrogens with zero attached hydrogens (tertiary/aromatic N) is 1. The first kappa shape index (κ1) is 29.4. The standard InChI is InChI=1S/C29H33ClN4O5S/c1-2-39-28(37)25-12-13-26(40-25)33-29(38)32-24(16-19-8-10-23(35)11-9-19)27(36)31-22-7-4-14-34(18-22)17-20-5-3-6-21(30)15-20/h3,5-6,8-13,15,22,24,35H,2,4,7,14,16-18H2,1H3,(H,31,36)(H2,32,33,38)/t22-,24-/m0/s1. The summed E-state index contributed by atoms with van der Waals surface area (Å²) in [6.07, 6.45) is 2.00. The summed E-state index contributed by atoms with van der Waals surface area (Å²) in [6, 6.07) is 16.0. The molecule has 40 heavy (non-hydrogen) atoms. The van der Waals surface area contributed by atoms with Crippen LogP contribution in [-0.2, 0) is 22.5 Å². The van der Waals surface area contributed by atoms with Crippen LogP contribution in [0, 0.1) is 0 Å². The van der Waals surface area contributed by atoms with Crippen molar-refractivity contribution in [3.8, 4) is 5.75 Å². The van der Waals surface area contributed by atoms with Crippen molar-refractivity contribution in [2.24, 2.45) is 0 Å². The van der Waals surface area contributed by atoms with Crippen LogP contribution in [0.3, 0.4) is 0 Å². The number of esters is 1. The predicted octanol–water partition coefficient (Wildman–Crippen LogP) is 4.80. The van der Waals surface area contributed by atoms with Gasteiger partial charge in [-0.25, -0.2) is 9.59 Å². The van der Waals surface area contributed by atoms with Gasteiger partial charge >= 0.3 is 12.0 Å². The number of piperidine rings is 1. The van der Waals surface area contributed by atoms with E-state index in [0.29, 0.717) is 21.4 Å². The van der Waals surface area contributed by atoms with E-state index in [1.54, 1.807) is 43.3 Å². The van der Waals surface area contributed by atoms with Crippen molar-refractivity contribution in [2.45, 2.75) is 44.8 Å². The van der Waals surface area contributed by atoms with Gasteiger partial charge in [-0.1, -0.05) is 35.9 Å². The summed E-state index contributed by atoms with van der Waals surface area (Å²) in [7, 11) is 0. The molecule has 3 aromatic rings. The third-order valence-electron chi connectivity index (χ3n) is 6.46. The molecule has 1 fully saturated rings. The lowest BCUT2D eigenvalue weighted by Gasteiger charge is -2.34. The van der Waals surface area contributed by atoms with E-state index in [4.69, 9.17) is 16.3 Å². The third-order valence-corrected chi connectivity index (χ3v) is 7.68. The van der Waals surface area contributed by atoms with E-state index < -0.39 is 18.0 Å². The third kappa shape index (κ3) is 8.70. The van der Waals surface area contributed by atoms with Crippen LogP contribution in [0.15, 0.2) is 60.7 Å². The van der Waals surface area contributed by atoms with Gasteiger partial charge in [0.2, 0.25) is 5.91 Å². The number of anilines is 1. The minimum atomic E-state index is -0.864. The number of phenols is 1. The first-order chi connectivity index (χ1) is 19.3. The first-order valence-electron chi connectivity index (χ1n) is 13.2. The number of halogens is 1. The summed E-state index contributed by atoms with van der Waals surface area (Å²) < 4.78 is 5.00. The second kappa shape index (κ2) is 14.2. The highest BCUT2D eigenvalue weighted by atomic mass is 35.5. The number of nitrogens with one attached hydrogen (secondary N) is 3. The van der Waals surface area contributed by atoms with Crippen LogP contribution in [-0.4, -0.2) is 59.7 Å². The number of carbonyl (C=O) groups excluding carboxylic acids is 3. The average molecular weight is 585 g/mol. The Morgan fingerprint density at radius 3 is 2.67 bits per heavy atom. The molecule has 0 aliphatic carbocycles. The second-order valence-corrected chi connectivity index (χ2v) is 11.1. The van der Waals surface area contributed by atoms with Crippen LogP contribution in [0.4, 0.5) is 9.80 Å². The Balaban J connectivity index is 1.39. The molecule has 2 aromatic carbocycles. The number of carbonyl (C=O) groups is 3. The molecular formula is C29H33ClN4O5S. The van der Waals surface area contributed by atoms with Gasteiger partial charge in [-0.3, -0.25) is 15.0 Å². The maximum atomic E-state index is 13.4. The van der Waals surface area contributed by atoms with Gasteiger partial charge in [-0.05, 0) is 73.8 Å². The monoisotopic (exact) mass is 584 g/mol. The minimum absolute atomic E-state index is 0.0722. The normalized spacial score (nSPS) is 16.1. The van der Waals surface area contributed by atoms with Gasteiger partial charge in [0.05, 0.1) is 11.6 Å². The smallest absolute Gasteiger partial charge is 0.348 e. The van der Waals surface area contributed by atoms with Gasteiger partial charge in [0.15, 0.2) is 0 Å². The van der Waals surface area contributed by atoms with E-state index in [9.17, 15) is 19.5 Å². The van der Waals surface area contributed by atoms with Crippen molar-refractivity contribution in [3.05, 3.63) is 81.7 Å². The molecule has 1 aliphatic heterocycles. The summed E-state index contributed by atoms with van der Waals surface area (Å²) in [4.78, 5) is 40.9. The van der Waals surface area contributed by atoms with Gasteiger partial charge in [0.25, 0.3) is 0 Å². The van der Waals surface area contributed by atoms with E-state index in [1.807, 2.05) is 24.3 Å². The number of amides is 3. The number of urea groups is 1. The number of benzene rings is 2. The van der Waals surface area contributed by atoms with Crippen LogP contribution in [0.5, 0.6) is 5.75 Å². The lowest BCUT2D eigenvalue weighted by atomic mass is 10.0. The molecule has 3 amide bonds. The molecule has 1 saturated heterocycles. The molecule has 2 atom stereocenters. The van der Waals surface area contributed by atoms with Crippen LogP contribution in [0.25, 0.3) is 0 Å². The van der Waals surface area contributed by atoms with Crippen LogP contribution < -0.4 is 16.0 Å². The van der Waals surface area contributed by atoms with Crippen LogP contribution >= 0.6 is 22.9 Å². The number of likely N-dealkylation sites (tertiary alicyclic amines) is 1. The Bertz CT molecular complexity index is 1320.